The normalized spacial score (nSPS) is 13.9. The van der Waals surface area contributed by atoms with Gasteiger partial charge in [0.05, 0.1) is 6.54 Å². The number of nitrogens with zero attached hydrogens (tertiary/aromatic N) is 2. The number of ether oxygens (including phenoxy) is 1. The largest absolute Gasteiger partial charge is 0.484 e. The van der Waals surface area contributed by atoms with Gasteiger partial charge < -0.3 is 14.6 Å². The van der Waals surface area contributed by atoms with Crippen LogP contribution in [0.2, 0.25) is 0 Å². The second-order valence-electron chi connectivity index (χ2n) is 5.13. The van der Waals surface area contributed by atoms with E-state index < -0.39 is 0 Å². The number of hydrogen-bond donors (Lipinski definition) is 1. The first-order valence-corrected chi connectivity index (χ1v) is 7.05. The molecule has 0 aliphatic heterocycles. The molecule has 0 bridgehead atoms. The molecule has 1 N–H and O–H groups in total. The number of benzene rings is 1. The summed E-state index contributed by atoms with van der Waals surface area (Å²) in [4.78, 5) is 15.7. The molecule has 0 unspecified atom stereocenters. The Kier molecular flexibility index (Phi) is 4.14. The molecule has 1 aliphatic carbocycles. The van der Waals surface area contributed by atoms with Crippen molar-refractivity contribution in [2.45, 2.75) is 32.4 Å². The van der Waals surface area contributed by atoms with Crippen molar-refractivity contribution in [2.75, 3.05) is 0 Å². The number of carbonyl (C=O) groups excluding carboxylic acids is 1. The van der Waals surface area contributed by atoms with Crippen LogP contribution < -0.4 is 10.1 Å². The highest BCUT2D eigenvalue weighted by Gasteiger charge is 2.24. The molecule has 1 aromatic heterocycles. The molecule has 21 heavy (non-hydrogen) atoms. The summed E-state index contributed by atoms with van der Waals surface area (Å²) in [7, 11) is 0. The summed E-state index contributed by atoms with van der Waals surface area (Å²) in [5.74, 6) is 2.22. The minimum absolute atomic E-state index is 0.0457. The summed E-state index contributed by atoms with van der Waals surface area (Å²) in [5.41, 5.74) is 0. The van der Waals surface area contributed by atoms with E-state index in [1.807, 2.05) is 30.3 Å². The van der Waals surface area contributed by atoms with E-state index in [2.05, 4.69) is 15.5 Å². The Balaban J connectivity index is 1.43. The van der Waals surface area contributed by atoms with Crippen LogP contribution in [-0.4, -0.2) is 16.0 Å². The summed E-state index contributed by atoms with van der Waals surface area (Å²) >= 11 is 0. The fraction of sp³-hybridized carbons (Fsp3) is 0.400. The Morgan fingerprint density at radius 2 is 2.14 bits per heavy atom. The quantitative estimate of drug-likeness (QED) is 0.843. The van der Waals surface area contributed by atoms with Crippen molar-refractivity contribution in [1.29, 1.82) is 0 Å². The first kappa shape index (κ1) is 13.6. The molecular formula is C15H17N3O3. The van der Waals surface area contributed by atoms with Crippen LogP contribution in [0.3, 0.4) is 0 Å². The average Bonchev–Trinajstić information content (AvgIpc) is 3.20. The number of carbonyl (C=O) groups is 1. The van der Waals surface area contributed by atoms with Gasteiger partial charge >= 0.3 is 0 Å². The Morgan fingerprint density at radius 1 is 1.33 bits per heavy atom. The van der Waals surface area contributed by atoms with Gasteiger partial charge in [0.1, 0.15) is 5.75 Å². The number of aromatic nitrogens is 2. The molecule has 1 amide bonds. The van der Waals surface area contributed by atoms with Gasteiger partial charge in [0.15, 0.2) is 12.4 Å². The summed E-state index contributed by atoms with van der Waals surface area (Å²) in [6, 6.07) is 9.42. The van der Waals surface area contributed by atoms with Crippen LogP contribution in [0.1, 0.15) is 31.0 Å². The Morgan fingerprint density at radius 3 is 2.90 bits per heavy atom. The number of para-hydroxylation sites is 1. The maximum absolute atomic E-state index is 11.6. The second-order valence-corrected chi connectivity index (χ2v) is 5.13. The molecule has 1 saturated carbocycles. The molecule has 0 atom stereocenters. The van der Waals surface area contributed by atoms with Gasteiger partial charge in [-0.25, -0.2) is 0 Å². The third-order valence-electron chi connectivity index (χ3n) is 3.23. The maximum atomic E-state index is 11.6. The SMILES string of the molecule is O=C(CC1CC1)NCc1noc(COc2ccccc2)n1. The number of amides is 1. The molecule has 6 nitrogen and oxygen atoms in total. The van der Waals surface area contributed by atoms with Gasteiger partial charge in [-0.3, -0.25) is 4.79 Å². The predicted octanol–water partition coefficient (Wildman–Crippen LogP) is 2.06. The first-order valence-electron chi connectivity index (χ1n) is 7.05. The van der Waals surface area contributed by atoms with Gasteiger partial charge in [-0.05, 0) is 30.9 Å². The molecule has 0 saturated heterocycles. The van der Waals surface area contributed by atoms with E-state index in [1.165, 1.54) is 0 Å². The van der Waals surface area contributed by atoms with Gasteiger partial charge in [0.25, 0.3) is 5.89 Å². The van der Waals surface area contributed by atoms with E-state index in [-0.39, 0.29) is 12.5 Å². The van der Waals surface area contributed by atoms with Crippen LogP contribution in [0.15, 0.2) is 34.9 Å². The standard InChI is InChI=1S/C15H17N3O3/c19-14(8-11-6-7-11)16-9-13-17-15(21-18-13)10-20-12-4-2-1-3-5-12/h1-5,11H,6-10H2,(H,16,19). The van der Waals surface area contributed by atoms with E-state index >= 15 is 0 Å². The van der Waals surface area contributed by atoms with Crippen molar-refractivity contribution in [3.05, 3.63) is 42.0 Å². The second kappa shape index (κ2) is 6.39. The molecule has 0 spiro atoms. The fourth-order valence-corrected chi connectivity index (χ4v) is 1.92. The van der Waals surface area contributed by atoms with Crippen molar-refractivity contribution in [2.24, 2.45) is 5.92 Å². The van der Waals surface area contributed by atoms with Crippen molar-refractivity contribution in [3.8, 4) is 5.75 Å². The molecule has 3 rings (SSSR count). The minimum atomic E-state index is 0.0457. The average molecular weight is 287 g/mol. The lowest BCUT2D eigenvalue weighted by Crippen LogP contribution is -2.23. The van der Waals surface area contributed by atoms with Crippen molar-refractivity contribution < 1.29 is 14.1 Å². The predicted molar refractivity (Wildman–Crippen MR) is 74.3 cm³/mol. The number of nitrogens with one attached hydrogen (secondary N) is 1. The summed E-state index contributed by atoms with van der Waals surface area (Å²) in [5, 5.41) is 6.61. The maximum Gasteiger partial charge on any atom is 0.264 e. The monoisotopic (exact) mass is 287 g/mol. The molecule has 110 valence electrons. The Labute approximate surface area is 122 Å². The highest BCUT2D eigenvalue weighted by atomic mass is 16.5. The zero-order valence-electron chi connectivity index (χ0n) is 11.6. The van der Waals surface area contributed by atoms with Gasteiger partial charge in [-0.1, -0.05) is 23.4 Å². The van der Waals surface area contributed by atoms with Gasteiger partial charge in [0, 0.05) is 6.42 Å². The highest BCUT2D eigenvalue weighted by Crippen LogP contribution is 2.32. The summed E-state index contributed by atoms with van der Waals surface area (Å²) in [6.45, 7) is 0.507. The highest BCUT2D eigenvalue weighted by molar-refractivity contribution is 5.76. The molecule has 2 aromatic rings. The number of hydrogen-bond acceptors (Lipinski definition) is 5. The van der Waals surface area contributed by atoms with E-state index in [0.717, 1.165) is 18.6 Å². The molecule has 1 aromatic carbocycles. The summed E-state index contributed by atoms with van der Waals surface area (Å²) < 4.78 is 10.6. The molecule has 6 heteroatoms. The van der Waals surface area contributed by atoms with Crippen LogP contribution in [0.25, 0.3) is 0 Å². The zero-order valence-corrected chi connectivity index (χ0v) is 11.6. The first-order chi connectivity index (χ1) is 10.3. The molecule has 1 fully saturated rings. The topological polar surface area (TPSA) is 77.2 Å². The Bertz CT molecular complexity index is 593. The third kappa shape index (κ3) is 4.30. The van der Waals surface area contributed by atoms with Crippen LogP contribution in [0.5, 0.6) is 5.75 Å². The van der Waals surface area contributed by atoms with Gasteiger partial charge in [-0.2, -0.15) is 4.98 Å². The fourth-order valence-electron chi connectivity index (χ4n) is 1.92. The van der Waals surface area contributed by atoms with Crippen LogP contribution in [0, 0.1) is 5.92 Å². The van der Waals surface area contributed by atoms with Crippen molar-refractivity contribution >= 4 is 5.91 Å². The summed E-state index contributed by atoms with van der Waals surface area (Å²) in [6.07, 6.45) is 2.93. The number of rotatable bonds is 7. The third-order valence-corrected chi connectivity index (χ3v) is 3.23. The minimum Gasteiger partial charge on any atom is -0.484 e. The van der Waals surface area contributed by atoms with E-state index in [1.54, 1.807) is 0 Å². The van der Waals surface area contributed by atoms with Crippen LogP contribution in [-0.2, 0) is 17.9 Å². The lowest BCUT2D eigenvalue weighted by Gasteiger charge is -2.01. The van der Waals surface area contributed by atoms with Crippen LogP contribution >= 0.6 is 0 Å². The smallest absolute Gasteiger partial charge is 0.264 e. The van der Waals surface area contributed by atoms with E-state index in [4.69, 9.17) is 9.26 Å². The lowest BCUT2D eigenvalue weighted by atomic mass is 10.3. The Hall–Kier alpha value is -2.37. The van der Waals surface area contributed by atoms with Crippen molar-refractivity contribution in [1.82, 2.24) is 15.5 Å². The van der Waals surface area contributed by atoms with E-state index in [9.17, 15) is 4.79 Å². The molecular weight excluding hydrogens is 270 g/mol. The van der Waals surface area contributed by atoms with Gasteiger partial charge in [0.2, 0.25) is 5.91 Å². The molecule has 1 aliphatic rings. The zero-order chi connectivity index (χ0) is 14.5. The van der Waals surface area contributed by atoms with Crippen molar-refractivity contribution in [3.63, 3.8) is 0 Å². The van der Waals surface area contributed by atoms with Crippen LogP contribution in [0.4, 0.5) is 0 Å². The molecule has 1 heterocycles. The molecule has 0 radical (unpaired) electrons. The van der Waals surface area contributed by atoms with E-state index in [0.29, 0.717) is 30.6 Å². The lowest BCUT2D eigenvalue weighted by molar-refractivity contribution is -0.121. The van der Waals surface area contributed by atoms with Gasteiger partial charge in [-0.15, -0.1) is 0 Å².